The van der Waals surface area contributed by atoms with E-state index in [2.05, 4.69) is 13.0 Å². The summed E-state index contributed by atoms with van der Waals surface area (Å²) in [7, 11) is 0. The molecule has 0 amide bonds. The Morgan fingerprint density at radius 2 is 1.93 bits per heavy atom. The number of hydrogen-bond donors (Lipinski definition) is 1. The van der Waals surface area contributed by atoms with E-state index in [0.29, 0.717) is 0 Å². The van der Waals surface area contributed by atoms with Crippen molar-refractivity contribution in [2.24, 2.45) is 17.3 Å². The molecule has 1 N–H and O–H groups in total. The van der Waals surface area contributed by atoms with Gasteiger partial charge in [-0.1, -0.05) is 6.92 Å². The maximum Gasteiger partial charge on any atom is 0.162 e. The predicted molar refractivity (Wildman–Crippen MR) is 52.0 cm³/mol. The molecule has 2 heteroatoms. The van der Waals surface area contributed by atoms with Gasteiger partial charge < -0.3 is 5.11 Å². The molecule has 75 valence electrons. The summed E-state index contributed by atoms with van der Waals surface area (Å²) in [5, 5.41) is 19.7. The van der Waals surface area contributed by atoms with E-state index in [-0.39, 0.29) is 5.41 Å². The van der Waals surface area contributed by atoms with E-state index in [1.165, 1.54) is 6.42 Å². The van der Waals surface area contributed by atoms with Crippen LogP contribution >= 0.6 is 0 Å². The fourth-order valence-electron chi connectivity index (χ4n) is 4.32. The second-order valence-electron chi connectivity index (χ2n) is 5.77. The fraction of sp³-hybridized carbons (Fsp3) is 0.833. The normalized spacial score (nSPS) is 56.1. The van der Waals surface area contributed by atoms with Gasteiger partial charge in [0.05, 0.1) is 6.07 Å². The Balaban J connectivity index is 2.07. The van der Waals surface area contributed by atoms with Crippen LogP contribution in [0.5, 0.6) is 0 Å². The zero-order chi connectivity index (χ0) is 9.97. The molecule has 4 saturated carbocycles. The molecule has 0 saturated heterocycles. The summed E-state index contributed by atoms with van der Waals surface area (Å²) in [4.78, 5) is 0. The Hall–Kier alpha value is -0.550. The summed E-state index contributed by atoms with van der Waals surface area (Å²) < 4.78 is 0. The first-order chi connectivity index (χ1) is 6.57. The molecule has 3 unspecified atom stereocenters. The quantitative estimate of drug-likeness (QED) is 0.594. The SMILES string of the molecule is CC12CC3C[C](CC(C3)C1)C2(O)C#N. The highest BCUT2D eigenvalue weighted by Gasteiger charge is 2.63. The van der Waals surface area contributed by atoms with E-state index >= 15 is 0 Å². The average molecular weight is 190 g/mol. The van der Waals surface area contributed by atoms with Gasteiger partial charge >= 0.3 is 0 Å². The number of nitrogens with zero attached hydrogens (tertiary/aromatic N) is 1. The second kappa shape index (κ2) is 2.33. The lowest BCUT2D eigenvalue weighted by molar-refractivity contribution is -0.128. The van der Waals surface area contributed by atoms with Crippen LogP contribution in [0.25, 0.3) is 0 Å². The monoisotopic (exact) mass is 190 g/mol. The Labute approximate surface area is 84.9 Å². The maximum absolute atomic E-state index is 10.5. The van der Waals surface area contributed by atoms with Crippen molar-refractivity contribution in [2.75, 3.05) is 0 Å². The molecule has 4 bridgehead atoms. The van der Waals surface area contributed by atoms with Crippen molar-refractivity contribution in [2.45, 2.75) is 44.6 Å². The van der Waals surface area contributed by atoms with Crippen molar-refractivity contribution >= 4 is 0 Å². The summed E-state index contributed by atoms with van der Waals surface area (Å²) in [6.45, 7) is 2.10. The molecule has 3 atom stereocenters. The van der Waals surface area contributed by atoms with Crippen molar-refractivity contribution in [3.05, 3.63) is 5.92 Å². The molecule has 0 heterocycles. The summed E-state index contributed by atoms with van der Waals surface area (Å²) in [5.74, 6) is 2.66. The molecule has 14 heavy (non-hydrogen) atoms. The first kappa shape index (κ1) is 8.73. The minimum absolute atomic E-state index is 0.138. The van der Waals surface area contributed by atoms with Crippen LogP contribution in [0.2, 0.25) is 0 Å². The van der Waals surface area contributed by atoms with Gasteiger partial charge in [-0.15, -0.1) is 0 Å². The molecule has 1 radical (unpaired) electrons. The molecular formula is C12H16NO. The topological polar surface area (TPSA) is 44.0 Å². The van der Waals surface area contributed by atoms with E-state index in [0.717, 1.165) is 43.4 Å². The summed E-state index contributed by atoms with van der Waals surface area (Å²) >= 11 is 0. The van der Waals surface area contributed by atoms with Gasteiger partial charge in [-0.3, -0.25) is 0 Å². The Bertz CT molecular complexity index is 305. The van der Waals surface area contributed by atoms with E-state index < -0.39 is 5.60 Å². The van der Waals surface area contributed by atoms with Crippen molar-refractivity contribution in [1.29, 1.82) is 5.26 Å². The zero-order valence-corrected chi connectivity index (χ0v) is 8.58. The van der Waals surface area contributed by atoms with E-state index in [1.807, 2.05) is 0 Å². The molecule has 4 aliphatic rings. The van der Waals surface area contributed by atoms with Crippen LogP contribution in [0.3, 0.4) is 0 Å². The van der Waals surface area contributed by atoms with Crippen LogP contribution in [0.15, 0.2) is 0 Å². The molecule has 0 aliphatic heterocycles. The molecule has 4 aliphatic carbocycles. The molecule has 4 rings (SSSR count). The van der Waals surface area contributed by atoms with Gasteiger partial charge in [-0.2, -0.15) is 5.26 Å². The van der Waals surface area contributed by atoms with E-state index in [4.69, 9.17) is 0 Å². The standard InChI is InChI=1S/C12H16NO/c1-11-5-8-2-9(6-11)4-10(3-8)12(11,14)7-13/h8-9,14H,2-6H2,1H3. The van der Waals surface area contributed by atoms with Crippen molar-refractivity contribution in [3.63, 3.8) is 0 Å². The molecule has 2 nitrogen and oxygen atoms in total. The van der Waals surface area contributed by atoms with Crippen LogP contribution in [0.1, 0.15) is 39.0 Å². The van der Waals surface area contributed by atoms with E-state index in [1.54, 1.807) is 0 Å². The summed E-state index contributed by atoms with van der Waals surface area (Å²) in [5.41, 5.74) is -1.23. The maximum atomic E-state index is 10.5. The van der Waals surface area contributed by atoms with Crippen LogP contribution in [0, 0.1) is 34.5 Å². The lowest BCUT2D eigenvalue weighted by Crippen LogP contribution is -2.61. The third-order valence-electron chi connectivity index (χ3n) is 4.76. The highest BCUT2D eigenvalue weighted by Crippen LogP contribution is 2.64. The van der Waals surface area contributed by atoms with Crippen LogP contribution in [-0.2, 0) is 0 Å². The summed E-state index contributed by atoms with van der Waals surface area (Å²) in [6, 6.07) is 2.18. The molecule has 4 fully saturated rings. The van der Waals surface area contributed by atoms with Crippen molar-refractivity contribution in [1.82, 2.24) is 0 Å². The molecule has 0 aromatic rings. The minimum atomic E-state index is -1.10. The minimum Gasteiger partial charge on any atom is -0.374 e. The van der Waals surface area contributed by atoms with Gasteiger partial charge in [-0.05, 0) is 43.9 Å². The van der Waals surface area contributed by atoms with Crippen LogP contribution < -0.4 is 0 Å². The molecule has 0 aromatic carbocycles. The first-order valence-electron chi connectivity index (χ1n) is 5.56. The second-order valence-corrected chi connectivity index (χ2v) is 5.77. The van der Waals surface area contributed by atoms with Crippen LogP contribution in [-0.4, -0.2) is 10.7 Å². The van der Waals surface area contributed by atoms with Crippen molar-refractivity contribution in [3.8, 4) is 6.07 Å². The lowest BCUT2D eigenvalue weighted by atomic mass is 9.44. The smallest absolute Gasteiger partial charge is 0.162 e. The largest absolute Gasteiger partial charge is 0.374 e. The van der Waals surface area contributed by atoms with Gasteiger partial charge in [0.1, 0.15) is 0 Å². The van der Waals surface area contributed by atoms with E-state index in [9.17, 15) is 10.4 Å². The van der Waals surface area contributed by atoms with Crippen molar-refractivity contribution < 1.29 is 5.11 Å². The Morgan fingerprint density at radius 3 is 2.36 bits per heavy atom. The van der Waals surface area contributed by atoms with Gasteiger partial charge in [0.25, 0.3) is 0 Å². The van der Waals surface area contributed by atoms with Gasteiger partial charge in [0, 0.05) is 11.3 Å². The third-order valence-corrected chi connectivity index (χ3v) is 4.76. The number of hydrogen-bond acceptors (Lipinski definition) is 2. The predicted octanol–water partition coefficient (Wildman–Crippen LogP) is 2.05. The van der Waals surface area contributed by atoms with Gasteiger partial charge in [0.2, 0.25) is 0 Å². The number of nitriles is 1. The molecule has 0 aromatic heterocycles. The highest BCUT2D eigenvalue weighted by molar-refractivity contribution is 5.33. The molecular weight excluding hydrogens is 174 g/mol. The Morgan fingerprint density at radius 1 is 1.36 bits per heavy atom. The lowest BCUT2D eigenvalue weighted by Gasteiger charge is -2.61. The number of aliphatic hydroxyl groups is 1. The Kier molecular flexibility index (Phi) is 1.46. The molecule has 0 spiro atoms. The zero-order valence-electron chi connectivity index (χ0n) is 8.58. The third kappa shape index (κ3) is 0.803. The van der Waals surface area contributed by atoms with Gasteiger partial charge in [-0.25, -0.2) is 0 Å². The summed E-state index contributed by atoms with van der Waals surface area (Å²) in [6.07, 6.45) is 5.46. The average Bonchev–Trinajstić information content (AvgIpc) is 2.12. The van der Waals surface area contributed by atoms with Crippen LogP contribution in [0.4, 0.5) is 0 Å². The first-order valence-corrected chi connectivity index (χ1v) is 5.56. The highest BCUT2D eigenvalue weighted by atomic mass is 16.3. The number of rotatable bonds is 0. The van der Waals surface area contributed by atoms with Gasteiger partial charge in [0.15, 0.2) is 5.60 Å². The fourth-order valence-corrected chi connectivity index (χ4v) is 4.32.